The standard InChI is InChI=1S/C26H32OSSi/c1-22(21-28-23-14-8-5-9-15-23)20-27-29(26(2,3)4,24-16-10-6-11-17-24)25-18-12-7-13-19-25/h5-19,22H,20-21H2,1-4H3/t22-/m1/s1. The van der Waals surface area contributed by atoms with Crippen molar-refractivity contribution in [2.75, 3.05) is 12.4 Å². The third kappa shape index (κ3) is 5.22. The maximum Gasteiger partial charge on any atom is 0.261 e. The molecule has 152 valence electrons. The first-order chi connectivity index (χ1) is 13.9. The van der Waals surface area contributed by atoms with Crippen molar-refractivity contribution in [2.24, 2.45) is 5.92 Å². The summed E-state index contributed by atoms with van der Waals surface area (Å²) < 4.78 is 7.04. The number of benzene rings is 3. The van der Waals surface area contributed by atoms with E-state index in [0.29, 0.717) is 5.92 Å². The first kappa shape index (κ1) is 21.9. The Bertz CT molecular complexity index is 820. The summed E-state index contributed by atoms with van der Waals surface area (Å²) in [6, 6.07) is 32.4. The second-order valence-electron chi connectivity index (χ2n) is 8.70. The van der Waals surface area contributed by atoms with Gasteiger partial charge in [0.15, 0.2) is 0 Å². The highest BCUT2D eigenvalue weighted by Gasteiger charge is 2.50. The molecule has 0 saturated carbocycles. The van der Waals surface area contributed by atoms with E-state index in [1.807, 2.05) is 11.8 Å². The molecule has 0 radical (unpaired) electrons. The monoisotopic (exact) mass is 420 g/mol. The van der Waals surface area contributed by atoms with Crippen molar-refractivity contribution in [1.29, 1.82) is 0 Å². The zero-order valence-corrected chi connectivity index (χ0v) is 19.8. The maximum absolute atomic E-state index is 7.04. The van der Waals surface area contributed by atoms with Gasteiger partial charge in [-0.3, -0.25) is 0 Å². The Kier molecular flexibility index (Phi) is 7.39. The van der Waals surface area contributed by atoms with E-state index in [-0.39, 0.29) is 5.04 Å². The molecular formula is C26H32OSSi. The highest BCUT2D eigenvalue weighted by Crippen LogP contribution is 2.37. The predicted molar refractivity (Wildman–Crippen MR) is 130 cm³/mol. The Hall–Kier alpha value is -1.81. The molecule has 0 heterocycles. The molecule has 0 saturated heterocycles. The molecule has 0 bridgehead atoms. The van der Waals surface area contributed by atoms with Gasteiger partial charge in [-0.05, 0) is 33.5 Å². The molecular weight excluding hydrogens is 388 g/mol. The lowest BCUT2D eigenvalue weighted by Gasteiger charge is -2.43. The molecule has 0 aliphatic carbocycles. The summed E-state index contributed by atoms with van der Waals surface area (Å²) in [6.07, 6.45) is 0. The number of hydrogen-bond donors (Lipinski definition) is 0. The molecule has 3 rings (SSSR count). The van der Waals surface area contributed by atoms with Crippen LogP contribution in [0.4, 0.5) is 0 Å². The Morgan fingerprint density at radius 1 is 0.759 bits per heavy atom. The smallest absolute Gasteiger partial charge is 0.261 e. The summed E-state index contributed by atoms with van der Waals surface area (Å²) >= 11 is 1.91. The van der Waals surface area contributed by atoms with Crippen LogP contribution in [0.15, 0.2) is 95.9 Å². The van der Waals surface area contributed by atoms with Crippen LogP contribution in [-0.2, 0) is 4.43 Å². The van der Waals surface area contributed by atoms with E-state index in [0.717, 1.165) is 12.4 Å². The zero-order valence-electron chi connectivity index (χ0n) is 18.0. The molecule has 3 aromatic carbocycles. The van der Waals surface area contributed by atoms with Crippen LogP contribution >= 0.6 is 11.8 Å². The molecule has 0 spiro atoms. The number of rotatable bonds is 8. The van der Waals surface area contributed by atoms with Gasteiger partial charge in [-0.25, -0.2) is 0 Å². The molecule has 29 heavy (non-hydrogen) atoms. The number of hydrogen-bond acceptors (Lipinski definition) is 2. The summed E-state index contributed by atoms with van der Waals surface area (Å²) in [5.41, 5.74) is 0. The maximum atomic E-state index is 7.04. The van der Waals surface area contributed by atoms with E-state index < -0.39 is 8.32 Å². The Labute approximate surface area is 181 Å². The molecule has 1 nitrogen and oxygen atoms in total. The van der Waals surface area contributed by atoms with Crippen LogP contribution in [0.1, 0.15) is 27.7 Å². The normalized spacial score (nSPS) is 13.2. The van der Waals surface area contributed by atoms with Gasteiger partial charge in [0.1, 0.15) is 0 Å². The fraction of sp³-hybridized carbons (Fsp3) is 0.308. The van der Waals surface area contributed by atoms with Crippen LogP contribution in [0, 0.1) is 5.92 Å². The second-order valence-corrected chi connectivity index (χ2v) is 14.1. The largest absolute Gasteiger partial charge is 0.407 e. The van der Waals surface area contributed by atoms with Gasteiger partial charge in [0, 0.05) is 17.3 Å². The van der Waals surface area contributed by atoms with Gasteiger partial charge in [-0.2, -0.15) is 0 Å². The highest BCUT2D eigenvalue weighted by molar-refractivity contribution is 7.99. The predicted octanol–water partition coefficient (Wildman–Crippen LogP) is 5.99. The average molecular weight is 421 g/mol. The summed E-state index contributed by atoms with van der Waals surface area (Å²) in [4.78, 5) is 1.32. The fourth-order valence-electron chi connectivity index (χ4n) is 3.83. The van der Waals surface area contributed by atoms with Crippen molar-refractivity contribution in [3.8, 4) is 0 Å². The van der Waals surface area contributed by atoms with Crippen LogP contribution in [0.2, 0.25) is 5.04 Å². The van der Waals surface area contributed by atoms with Gasteiger partial charge >= 0.3 is 0 Å². The summed E-state index contributed by atoms with van der Waals surface area (Å²) in [6.45, 7) is 10.1. The molecule has 3 aromatic rings. The molecule has 0 aromatic heterocycles. The molecule has 0 aliphatic heterocycles. The van der Waals surface area contributed by atoms with E-state index in [1.54, 1.807) is 0 Å². The Balaban J connectivity index is 1.85. The van der Waals surface area contributed by atoms with E-state index >= 15 is 0 Å². The molecule has 0 unspecified atom stereocenters. The average Bonchev–Trinajstić information content (AvgIpc) is 2.74. The lowest BCUT2D eigenvalue weighted by molar-refractivity contribution is 0.257. The molecule has 1 atom stereocenters. The Morgan fingerprint density at radius 3 is 1.66 bits per heavy atom. The molecule has 0 aliphatic rings. The van der Waals surface area contributed by atoms with E-state index in [1.165, 1.54) is 15.3 Å². The van der Waals surface area contributed by atoms with Crippen molar-refractivity contribution >= 4 is 30.5 Å². The topological polar surface area (TPSA) is 9.23 Å². The highest BCUT2D eigenvalue weighted by atomic mass is 32.2. The molecule has 0 fully saturated rings. The molecule has 0 amide bonds. The van der Waals surface area contributed by atoms with Crippen LogP contribution in [0.5, 0.6) is 0 Å². The third-order valence-electron chi connectivity index (χ3n) is 5.28. The first-order valence-corrected chi connectivity index (χ1v) is 13.3. The van der Waals surface area contributed by atoms with Crippen LogP contribution in [0.3, 0.4) is 0 Å². The first-order valence-electron chi connectivity index (χ1n) is 10.4. The summed E-state index contributed by atoms with van der Waals surface area (Å²) in [5, 5.41) is 2.73. The summed E-state index contributed by atoms with van der Waals surface area (Å²) in [7, 11) is -2.43. The van der Waals surface area contributed by atoms with E-state index in [9.17, 15) is 0 Å². The van der Waals surface area contributed by atoms with Crippen molar-refractivity contribution in [3.63, 3.8) is 0 Å². The van der Waals surface area contributed by atoms with Crippen LogP contribution in [0.25, 0.3) is 0 Å². The van der Waals surface area contributed by atoms with Gasteiger partial charge < -0.3 is 4.43 Å². The van der Waals surface area contributed by atoms with Gasteiger partial charge in [0.05, 0.1) is 0 Å². The SMILES string of the molecule is C[C@H](CO[Si](c1ccccc1)(c1ccccc1)C(C)(C)C)CSc1ccccc1. The quantitative estimate of drug-likeness (QED) is 0.327. The van der Waals surface area contributed by atoms with Crippen LogP contribution < -0.4 is 10.4 Å². The van der Waals surface area contributed by atoms with Gasteiger partial charge in [-0.1, -0.05) is 107 Å². The van der Waals surface area contributed by atoms with Gasteiger partial charge in [0.25, 0.3) is 8.32 Å². The van der Waals surface area contributed by atoms with Crippen molar-refractivity contribution < 1.29 is 4.43 Å². The van der Waals surface area contributed by atoms with Crippen molar-refractivity contribution in [1.82, 2.24) is 0 Å². The zero-order chi connectivity index (χ0) is 20.7. The lowest BCUT2D eigenvalue weighted by Crippen LogP contribution is -2.66. The Morgan fingerprint density at radius 2 is 1.21 bits per heavy atom. The lowest BCUT2D eigenvalue weighted by atomic mass is 10.2. The van der Waals surface area contributed by atoms with Crippen LogP contribution in [-0.4, -0.2) is 20.7 Å². The van der Waals surface area contributed by atoms with Gasteiger partial charge in [-0.15, -0.1) is 11.8 Å². The van der Waals surface area contributed by atoms with E-state index in [4.69, 9.17) is 4.43 Å². The third-order valence-corrected chi connectivity index (χ3v) is 11.6. The molecule has 0 N–H and O–H groups in total. The van der Waals surface area contributed by atoms with Gasteiger partial charge in [0.2, 0.25) is 0 Å². The summed E-state index contributed by atoms with van der Waals surface area (Å²) in [5.74, 6) is 1.53. The minimum atomic E-state index is -2.43. The minimum Gasteiger partial charge on any atom is -0.407 e. The molecule has 3 heteroatoms. The number of thioether (sulfide) groups is 1. The fourth-order valence-corrected chi connectivity index (χ4v) is 9.44. The minimum absolute atomic E-state index is 0.0298. The van der Waals surface area contributed by atoms with Crippen molar-refractivity contribution in [3.05, 3.63) is 91.0 Å². The van der Waals surface area contributed by atoms with E-state index in [2.05, 4.69) is 119 Å². The second kappa shape index (κ2) is 9.79. The van der Waals surface area contributed by atoms with Crippen molar-refractivity contribution in [2.45, 2.75) is 37.6 Å².